The van der Waals surface area contributed by atoms with Crippen molar-refractivity contribution in [2.45, 2.75) is 38.5 Å². The molecule has 1 aromatic carbocycles. The first-order valence-corrected chi connectivity index (χ1v) is 12.0. The normalized spacial score (nSPS) is 25.2. The minimum absolute atomic E-state index is 0.829. The summed E-state index contributed by atoms with van der Waals surface area (Å²) in [6.07, 6.45) is 6.63. The van der Waals surface area contributed by atoms with Gasteiger partial charge in [-0.15, -0.1) is 0 Å². The Morgan fingerprint density at radius 2 is 1.19 bits per heavy atom. The summed E-state index contributed by atoms with van der Waals surface area (Å²) in [6.45, 7) is 5.26. The molecule has 8 heteroatoms. The van der Waals surface area contributed by atoms with Crippen molar-refractivity contribution in [2.24, 2.45) is 0 Å². The van der Waals surface area contributed by atoms with Crippen LogP contribution in [-0.2, 0) is 4.89 Å². The maximum atomic E-state index is 15.7. The van der Waals surface area contributed by atoms with E-state index in [-0.39, 0.29) is 0 Å². The number of benzene rings is 1. The molecule has 3 fully saturated rings. The van der Waals surface area contributed by atoms with E-state index in [9.17, 15) is 0 Å². The molecule has 0 amide bonds. The molecule has 3 aliphatic rings. The monoisotopic (exact) mass is 375 g/mol. The molecule has 0 saturated carbocycles. The van der Waals surface area contributed by atoms with Crippen LogP contribution in [0.1, 0.15) is 38.5 Å². The summed E-state index contributed by atoms with van der Waals surface area (Å²) in [5.41, 5.74) is 1.72. The second kappa shape index (κ2) is 6.21. The average Bonchev–Trinajstić information content (AvgIpc) is 3.49. The van der Waals surface area contributed by atoms with Gasteiger partial charge in [0.2, 0.25) is 0 Å². The molecular formula is C18H28N6OP. The number of rotatable bonds is 4. The number of hydrogen-bond donors (Lipinski definition) is 0. The van der Waals surface area contributed by atoms with E-state index in [0.717, 1.165) is 88.8 Å². The van der Waals surface area contributed by atoms with Crippen molar-refractivity contribution in [3.05, 3.63) is 24.3 Å². The zero-order valence-electron chi connectivity index (χ0n) is 15.3. The van der Waals surface area contributed by atoms with Crippen LogP contribution < -0.4 is 0 Å². The van der Waals surface area contributed by atoms with Gasteiger partial charge in [0.05, 0.1) is 0 Å². The van der Waals surface area contributed by atoms with Gasteiger partial charge in [0.15, 0.2) is 0 Å². The molecule has 5 rings (SSSR count). The fourth-order valence-electron chi connectivity index (χ4n) is 5.16. The fraction of sp³-hybridized carbons (Fsp3) is 0.667. The first-order valence-electron chi connectivity index (χ1n) is 10.1. The third-order valence-electron chi connectivity index (χ3n) is 6.40. The van der Waals surface area contributed by atoms with Crippen molar-refractivity contribution in [3.8, 4) is 0 Å². The summed E-state index contributed by atoms with van der Waals surface area (Å²) < 4.78 is 8.69. The summed E-state index contributed by atoms with van der Waals surface area (Å²) in [7, 11) is -4.01. The van der Waals surface area contributed by atoms with Crippen LogP contribution in [0.15, 0.2) is 24.3 Å². The van der Waals surface area contributed by atoms with Crippen LogP contribution in [0, 0.1) is 0 Å². The standard InChI is InChI=1S/C18H28N6OP/c25-26(21-11-3-4-12-21,22-13-5-6-14-22,23-15-7-8-16-23)24-18-10-2-1-9-17(18)19-20-24/h1-2,9-10H,3-8,11-16H2. The summed E-state index contributed by atoms with van der Waals surface area (Å²) in [4.78, 5) is 15.7. The van der Waals surface area contributed by atoms with Crippen LogP contribution in [-0.4, -0.2) is 68.0 Å². The van der Waals surface area contributed by atoms with Crippen LogP contribution in [0.25, 0.3) is 11.0 Å². The molecule has 2 aromatic rings. The molecular weight excluding hydrogens is 347 g/mol. The predicted octanol–water partition coefficient (Wildman–Crippen LogP) is 3.13. The van der Waals surface area contributed by atoms with Crippen LogP contribution in [0.3, 0.4) is 0 Å². The summed E-state index contributed by atoms with van der Waals surface area (Å²) in [5.74, 6) is 0. The SMILES string of the molecule is [O]P(N1CCCC1)(N1CCCC1)(N1CCCC1)n1nnc2ccccc21. The number of aromatic nitrogens is 3. The van der Waals surface area contributed by atoms with Gasteiger partial charge >= 0.3 is 154 Å². The second-order valence-corrected chi connectivity index (χ2v) is 11.6. The van der Waals surface area contributed by atoms with Gasteiger partial charge in [-0.2, -0.15) is 0 Å². The molecule has 0 spiro atoms. The van der Waals surface area contributed by atoms with Crippen LogP contribution in [0.2, 0.25) is 0 Å². The van der Waals surface area contributed by atoms with Gasteiger partial charge < -0.3 is 0 Å². The second-order valence-electron chi connectivity index (χ2n) is 7.81. The molecule has 3 saturated heterocycles. The van der Waals surface area contributed by atoms with Crippen molar-refractivity contribution < 1.29 is 4.89 Å². The Kier molecular flexibility index (Phi) is 4.07. The van der Waals surface area contributed by atoms with Crippen LogP contribution >= 0.6 is 7.43 Å². The Labute approximate surface area is 154 Å². The van der Waals surface area contributed by atoms with Crippen molar-refractivity contribution in [1.29, 1.82) is 0 Å². The van der Waals surface area contributed by atoms with E-state index in [1.54, 1.807) is 0 Å². The van der Waals surface area contributed by atoms with Gasteiger partial charge in [-0.3, -0.25) is 0 Å². The van der Waals surface area contributed by atoms with Gasteiger partial charge in [-0.25, -0.2) is 0 Å². The summed E-state index contributed by atoms with van der Waals surface area (Å²) in [6, 6.07) is 7.97. The number of para-hydroxylation sites is 1. The first-order chi connectivity index (χ1) is 12.7. The molecule has 0 unspecified atom stereocenters. The Morgan fingerprint density at radius 1 is 0.731 bits per heavy atom. The molecule has 26 heavy (non-hydrogen) atoms. The van der Waals surface area contributed by atoms with E-state index in [2.05, 4.69) is 24.3 Å². The summed E-state index contributed by atoms with van der Waals surface area (Å²) >= 11 is 0. The van der Waals surface area contributed by atoms with E-state index in [0.29, 0.717) is 0 Å². The maximum absolute atomic E-state index is 15.7. The Bertz CT molecular complexity index is 748. The zero-order valence-corrected chi connectivity index (χ0v) is 16.2. The Balaban J connectivity index is 1.80. The van der Waals surface area contributed by atoms with Gasteiger partial charge in [-0.05, 0) is 0 Å². The fourth-order valence-corrected chi connectivity index (χ4v) is 10.6. The molecule has 0 N–H and O–H groups in total. The van der Waals surface area contributed by atoms with E-state index < -0.39 is 7.43 Å². The molecule has 4 heterocycles. The van der Waals surface area contributed by atoms with Crippen LogP contribution in [0.5, 0.6) is 0 Å². The van der Waals surface area contributed by atoms with Gasteiger partial charge in [0.1, 0.15) is 0 Å². The first kappa shape index (κ1) is 17.0. The molecule has 3 aliphatic heterocycles. The Hall–Kier alpha value is -1.11. The number of nitrogens with zero attached hydrogens (tertiary/aromatic N) is 6. The third-order valence-corrected chi connectivity index (χ3v) is 11.5. The molecule has 1 radical (unpaired) electrons. The number of hydrogen-bond acceptors (Lipinski definition) is 5. The minimum atomic E-state index is -4.01. The Morgan fingerprint density at radius 3 is 1.69 bits per heavy atom. The van der Waals surface area contributed by atoms with Crippen LogP contribution in [0.4, 0.5) is 0 Å². The van der Waals surface area contributed by atoms with Gasteiger partial charge in [-0.1, -0.05) is 0 Å². The van der Waals surface area contributed by atoms with Crippen molar-refractivity contribution >= 4 is 18.5 Å². The van der Waals surface area contributed by atoms with E-state index in [1.165, 1.54) is 0 Å². The summed E-state index contributed by atoms with van der Waals surface area (Å²) in [5, 5.41) is 8.97. The average molecular weight is 375 g/mol. The quantitative estimate of drug-likeness (QED) is 0.769. The van der Waals surface area contributed by atoms with Crippen molar-refractivity contribution in [3.63, 3.8) is 0 Å². The van der Waals surface area contributed by atoms with Gasteiger partial charge in [0.25, 0.3) is 0 Å². The van der Waals surface area contributed by atoms with E-state index in [1.807, 2.05) is 28.7 Å². The molecule has 7 nitrogen and oxygen atoms in total. The molecule has 0 aliphatic carbocycles. The molecule has 0 bridgehead atoms. The van der Waals surface area contributed by atoms with E-state index >= 15 is 4.89 Å². The van der Waals surface area contributed by atoms with Crippen molar-refractivity contribution in [2.75, 3.05) is 39.3 Å². The molecule has 0 atom stereocenters. The predicted molar refractivity (Wildman–Crippen MR) is 103 cm³/mol. The van der Waals surface area contributed by atoms with Crippen molar-refractivity contribution in [1.82, 2.24) is 28.8 Å². The third kappa shape index (κ3) is 2.12. The zero-order chi connectivity index (χ0) is 17.6. The number of fused-ring (bicyclic) bond motifs is 1. The topological polar surface area (TPSA) is 60.3 Å². The molecule has 141 valence electrons. The molecule has 1 aromatic heterocycles. The van der Waals surface area contributed by atoms with Gasteiger partial charge in [0, 0.05) is 0 Å². The van der Waals surface area contributed by atoms with E-state index in [4.69, 9.17) is 0 Å².